The standard InChI is InChI=1S/C11H11BrFN3S/c12-8-4-3-7(6-9(8)13)11-16-15-10(17-11)2-1-5-14/h3-4,6H,1-2,5,14H2. The van der Waals surface area contributed by atoms with Crippen LogP contribution in [-0.2, 0) is 6.42 Å². The van der Waals surface area contributed by atoms with Crippen molar-refractivity contribution in [3.63, 3.8) is 0 Å². The van der Waals surface area contributed by atoms with E-state index in [1.54, 1.807) is 6.07 Å². The van der Waals surface area contributed by atoms with Crippen LogP contribution in [0.15, 0.2) is 22.7 Å². The number of hydrogen-bond donors (Lipinski definition) is 1. The van der Waals surface area contributed by atoms with Gasteiger partial charge in [0.1, 0.15) is 15.8 Å². The average Bonchev–Trinajstić information content (AvgIpc) is 2.79. The number of halogens is 2. The zero-order valence-electron chi connectivity index (χ0n) is 8.99. The van der Waals surface area contributed by atoms with Gasteiger partial charge in [-0.15, -0.1) is 10.2 Å². The molecule has 0 aliphatic heterocycles. The Hall–Kier alpha value is -0.850. The molecule has 1 heterocycles. The lowest BCUT2D eigenvalue weighted by Crippen LogP contribution is -1.99. The first-order chi connectivity index (χ1) is 8.20. The van der Waals surface area contributed by atoms with Gasteiger partial charge < -0.3 is 5.73 Å². The summed E-state index contributed by atoms with van der Waals surface area (Å²) in [6, 6.07) is 4.95. The van der Waals surface area contributed by atoms with Gasteiger partial charge in [0.15, 0.2) is 0 Å². The lowest BCUT2D eigenvalue weighted by Gasteiger charge is -1.97. The highest BCUT2D eigenvalue weighted by Crippen LogP contribution is 2.27. The minimum atomic E-state index is -0.291. The SMILES string of the molecule is NCCCc1nnc(-c2ccc(Br)c(F)c2)s1. The Kier molecular flexibility index (Phi) is 4.20. The Morgan fingerprint density at radius 2 is 2.18 bits per heavy atom. The molecule has 1 aromatic carbocycles. The lowest BCUT2D eigenvalue weighted by atomic mass is 10.2. The first kappa shape index (κ1) is 12.6. The smallest absolute Gasteiger partial charge is 0.147 e. The van der Waals surface area contributed by atoms with Gasteiger partial charge >= 0.3 is 0 Å². The first-order valence-corrected chi connectivity index (χ1v) is 6.79. The number of hydrogen-bond acceptors (Lipinski definition) is 4. The Bertz CT molecular complexity index is 515. The molecule has 90 valence electrons. The summed E-state index contributed by atoms with van der Waals surface area (Å²) in [6.07, 6.45) is 1.72. The molecule has 0 radical (unpaired) electrons. The van der Waals surface area contributed by atoms with Gasteiger partial charge in [-0.3, -0.25) is 0 Å². The Balaban J connectivity index is 2.21. The number of aryl methyl sites for hydroxylation is 1. The predicted molar refractivity (Wildman–Crippen MR) is 70.4 cm³/mol. The zero-order valence-corrected chi connectivity index (χ0v) is 11.4. The third-order valence-electron chi connectivity index (χ3n) is 2.23. The second kappa shape index (κ2) is 5.66. The van der Waals surface area contributed by atoms with E-state index in [9.17, 15) is 4.39 Å². The van der Waals surface area contributed by atoms with E-state index < -0.39 is 0 Å². The third kappa shape index (κ3) is 3.08. The van der Waals surface area contributed by atoms with Gasteiger partial charge in [-0.2, -0.15) is 0 Å². The molecule has 0 unspecified atom stereocenters. The van der Waals surface area contributed by atoms with Crippen molar-refractivity contribution in [1.82, 2.24) is 10.2 Å². The Labute approximate surface area is 111 Å². The van der Waals surface area contributed by atoms with Gasteiger partial charge in [-0.05, 0) is 41.0 Å². The van der Waals surface area contributed by atoms with E-state index in [4.69, 9.17) is 5.73 Å². The highest BCUT2D eigenvalue weighted by Gasteiger charge is 2.08. The fourth-order valence-corrected chi connectivity index (χ4v) is 2.48. The number of nitrogens with zero attached hydrogens (tertiary/aromatic N) is 2. The lowest BCUT2D eigenvalue weighted by molar-refractivity contribution is 0.621. The Morgan fingerprint density at radius 3 is 2.88 bits per heavy atom. The maximum absolute atomic E-state index is 13.4. The van der Waals surface area contributed by atoms with Gasteiger partial charge in [0.2, 0.25) is 0 Å². The van der Waals surface area contributed by atoms with Gasteiger partial charge in [0.25, 0.3) is 0 Å². The summed E-state index contributed by atoms with van der Waals surface area (Å²) in [5.41, 5.74) is 6.18. The van der Waals surface area contributed by atoms with Gasteiger partial charge in [-0.25, -0.2) is 4.39 Å². The predicted octanol–water partition coefficient (Wildman–Crippen LogP) is 3.00. The van der Waals surface area contributed by atoms with Crippen molar-refractivity contribution < 1.29 is 4.39 Å². The van der Waals surface area contributed by atoms with E-state index in [0.29, 0.717) is 11.0 Å². The van der Waals surface area contributed by atoms with Crippen molar-refractivity contribution in [3.05, 3.63) is 33.5 Å². The minimum Gasteiger partial charge on any atom is -0.330 e. The second-order valence-corrected chi connectivity index (χ2v) is 5.44. The van der Waals surface area contributed by atoms with E-state index in [0.717, 1.165) is 28.4 Å². The average molecular weight is 316 g/mol. The summed E-state index contributed by atoms with van der Waals surface area (Å²) < 4.78 is 13.8. The molecule has 0 bridgehead atoms. The molecule has 0 aliphatic carbocycles. The molecule has 3 nitrogen and oxygen atoms in total. The maximum atomic E-state index is 13.4. The minimum absolute atomic E-state index is 0.291. The third-order valence-corrected chi connectivity index (χ3v) is 3.90. The van der Waals surface area contributed by atoms with Crippen LogP contribution >= 0.6 is 27.3 Å². The fraction of sp³-hybridized carbons (Fsp3) is 0.273. The van der Waals surface area contributed by atoms with Crippen LogP contribution in [0.25, 0.3) is 10.6 Å². The van der Waals surface area contributed by atoms with Crippen LogP contribution in [0.2, 0.25) is 0 Å². The fourth-order valence-electron chi connectivity index (χ4n) is 1.35. The molecular weight excluding hydrogens is 305 g/mol. The summed E-state index contributed by atoms with van der Waals surface area (Å²) in [5, 5.41) is 9.79. The zero-order chi connectivity index (χ0) is 12.3. The van der Waals surface area contributed by atoms with E-state index >= 15 is 0 Å². The van der Waals surface area contributed by atoms with E-state index in [1.807, 2.05) is 6.07 Å². The normalized spacial score (nSPS) is 10.8. The second-order valence-electron chi connectivity index (χ2n) is 3.52. The van der Waals surface area contributed by atoms with E-state index in [2.05, 4.69) is 26.1 Å². The summed E-state index contributed by atoms with van der Waals surface area (Å²) in [6.45, 7) is 0.641. The molecule has 1 aromatic heterocycles. The highest BCUT2D eigenvalue weighted by molar-refractivity contribution is 9.10. The molecule has 6 heteroatoms. The summed E-state index contributed by atoms with van der Waals surface area (Å²) in [7, 11) is 0. The number of rotatable bonds is 4. The van der Waals surface area contributed by atoms with Crippen molar-refractivity contribution in [2.75, 3.05) is 6.54 Å². The van der Waals surface area contributed by atoms with Crippen molar-refractivity contribution >= 4 is 27.3 Å². The number of aromatic nitrogens is 2. The first-order valence-electron chi connectivity index (χ1n) is 5.18. The molecule has 2 N–H and O–H groups in total. The molecular formula is C11H11BrFN3S. The van der Waals surface area contributed by atoms with Crippen LogP contribution in [-0.4, -0.2) is 16.7 Å². The Morgan fingerprint density at radius 1 is 1.35 bits per heavy atom. The molecule has 0 saturated heterocycles. The molecule has 0 fully saturated rings. The van der Waals surface area contributed by atoms with Crippen molar-refractivity contribution in [3.8, 4) is 10.6 Å². The van der Waals surface area contributed by atoms with Crippen LogP contribution < -0.4 is 5.73 Å². The van der Waals surface area contributed by atoms with E-state index in [1.165, 1.54) is 17.4 Å². The molecule has 17 heavy (non-hydrogen) atoms. The summed E-state index contributed by atoms with van der Waals surface area (Å²) in [5.74, 6) is -0.291. The quantitative estimate of drug-likeness (QED) is 0.943. The van der Waals surface area contributed by atoms with Crippen molar-refractivity contribution in [2.24, 2.45) is 5.73 Å². The van der Waals surface area contributed by atoms with Crippen LogP contribution in [0.4, 0.5) is 4.39 Å². The van der Waals surface area contributed by atoms with E-state index in [-0.39, 0.29) is 5.82 Å². The summed E-state index contributed by atoms with van der Waals surface area (Å²) in [4.78, 5) is 0. The topological polar surface area (TPSA) is 51.8 Å². The molecule has 0 spiro atoms. The molecule has 2 aromatic rings. The monoisotopic (exact) mass is 315 g/mol. The van der Waals surface area contributed by atoms with Crippen LogP contribution in [0.5, 0.6) is 0 Å². The van der Waals surface area contributed by atoms with Crippen molar-refractivity contribution in [1.29, 1.82) is 0 Å². The van der Waals surface area contributed by atoms with Crippen LogP contribution in [0.3, 0.4) is 0 Å². The maximum Gasteiger partial charge on any atom is 0.147 e. The van der Waals surface area contributed by atoms with Crippen LogP contribution in [0, 0.1) is 5.82 Å². The number of benzene rings is 1. The van der Waals surface area contributed by atoms with Gasteiger partial charge in [0, 0.05) is 12.0 Å². The van der Waals surface area contributed by atoms with Crippen molar-refractivity contribution in [2.45, 2.75) is 12.8 Å². The van der Waals surface area contributed by atoms with Gasteiger partial charge in [0.05, 0.1) is 4.47 Å². The molecule has 0 amide bonds. The molecule has 0 atom stereocenters. The van der Waals surface area contributed by atoms with Crippen LogP contribution in [0.1, 0.15) is 11.4 Å². The highest BCUT2D eigenvalue weighted by atomic mass is 79.9. The van der Waals surface area contributed by atoms with Gasteiger partial charge in [-0.1, -0.05) is 17.4 Å². The molecule has 2 rings (SSSR count). The largest absolute Gasteiger partial charge is 0.330 e. The molecule has 0 aliphatic rings. The number of nitrogens with two attached hydrogens (primary N) is 1. The molecule has 0 saturated carbocycles. The summed E-state index contributed by atoms with van der Waals surface area (Å²) >= 11 is 4.60.